The van der Waals surface area contributed by atoms with Crippen LogP contribution in [0.25, 0.3) is 5.52 Å². The van der Waals surface area contributed by atoms with Crippen LogP contribution in [-0.4, -0.2) is 134 Å². The Morgan fingerprint density at radius 1 is 0.837 bits per heavy atom. The van der Waals surface area contributed by atoms with Crippen molar-refractivity contribution >= 4 is 29.4 Å². The molecule has 14 nitrogen and oxygen atoms in total. The molecule has 0 radical (unpaired) electrons. The predicted molar refractivity (Wildman–Crippen MR) is 157 cm³/mol. The van der Waals surface area contributed by atoms with E-state index in [4.69, 9.17) is 25.2 Å². The Balaban J connectivity index is 0.000000334. The molecule has 2 fully saturated rings. The SMILES string of the molecule is CN1CCC(N2CCN(CCCCOc3cc4ccccn4n3)CC2)CC1.O=C(O)/C=C\C(=O)O.O=C(O)/C=C\C(=O)O. The molecule has 4 heterocycles. The molecule has 2 saturated heterocycles. The third-order valence-electron chi connectivity index (χ3n) is 6.81. The molecule has 43 heavy (non-hydrogen) atoms. The Morgan fingerprint density at radius 2 is 1.40 bits per heavy atom. The van der Waals surface area contributed by atoms with Crippen molar-refractivity contribution < 1.29 is 44.3 Å². The highest BCUT2D eigenvalue weighted by atomic mass is 16.5. The predicted octanol–water partition coefficient (Wildman–Crippen LogP) is 1.63. The van der Waals surface area contributed by atoms with Gasteiger partial charge >= 0.3 is 23.9 Å². The van der Waals surface area contributed by atoms with Gasteiger partial charge in [0.05, 0.1) is 12.1 Å². The summed E-state index contributed by atoms with van der Waals surface area (Å²) < 4.78 is 7.68. The zero-order valence-corrected chi connectivity index (χ0v) is 24.3. The molecule has 0 bridgehead atoms. The summed E-state index contributed by atoms with van der Waals surface area (Å²) in [7, 11) is 2.24. The fraction of sp³-hybridized carbons (Fsp3) is 0.483. The van der Waals surface area contributed by atoms with Crippen molar-refractivity contribution in [2.75, 3.05) is 59.5 Å². The second-order valence-electron chi connectivity index (χ2n) is 10.0. The lowest BCUT2D eigenvalue weighted by Gasteiger charge is -2.42. The standard InChI is InChI=1S/C21H33N5O.2C4H4O4/c1-23-11-7-19(8-12-23)25-15-13-24(14-16-25)9-4-5-17-27-21-18-20-6-2-3-10-26(20)22-21;2*5-3(6)1-2-4(7)8/h2-3,6,10,18-19H,4-5,7-9,11-17H2,1H3;2*1-2H,(H,5,6)(H,7,8)/b;2*2-1-. The van der Waals surface area contributed by atoms with Crippen molar-refractivity contribution in [1.82, 2.24) is 24.3 Å². The summed E-state index contributed by atoms with van der Waals surface area (Å²) in [5.41, 5.74) is 1.08. The first kappa shape index (κ1) is 34.9. The van der Waals surface area contributed by atoms with Crippen LogP contribution >= 0.6 is 0 Å². The van der Waals surface area contributed by atoms with Crippen molar-refractivity contribution in [2.45, 2.75) is 31.7 Å². The van der Waals surface area contributed by atoms with Gasteiger partial charge in [-0.05, 0) is 64.5 Å². The number of rotatable bonds is 11. The minimum absolute atomic E-state index is 0.558. The van der Waals surface area contributed by atoms with E-state index in [-0.39, 0.29) is 0 Å². The molecule has 2 aliphatic rings. The van der Waals surface area contributed by atoms with Crippen molar-refractivity contribution in [3.8, 4) is 5.88 Å². The largest absolute Gasteiger partial charge is 0.478 e. The van der Waals surface area contributed by atoms with E-state index in [9.17, 15) is 19.2 Å². The van der Waals surface area contributed by atoms with Crippen molar-refractivity contribution in [3.63, 3.8) is 0 Å². The van der Waals surface area contributed by atoms with Gasteiger partial charge < -0.3 is 35.0 Å². The second kappa shape index (κ2) is 19.0. The lowest BCUT2D eigenvalue weighted by Crippen LogP contribution is -2.52. The monoisotopic (exact) mass is 603 g/mol. The van der Waals surface area contributed by atoms with Gasteiger partial charge in [0.15, 0.2) is 0 Å². The van der Waals surface area contributed by atoms with E-state index in [1.807, 2.05) is 35.0 Å². The number of piperidine rings is 1. The number of nitrogens with zero attached hydrogens (tertiary/aromatic N) is 5. The minimum atomic E-state index is -1.26. The molecular formula is C29H41N5O9. The average Bonchev–Trinajstić information content (AvgIpc) is 3.39. The van der Waals surface area contributed by atoms with Crippen LogP contribution in [0.4, 0.5) is 0 Å². The first-order valence-corrected chi connectivity index (χ1v) is 14.0. The third kappa shape index (κ3) is 15.0. The maximum atomic E-state index is 9.55. The van der Waals surface area contributed by atoms with Crippen LogP contribution in [-0.2, 0) is 19.2 Å². The van der Waals surface area contributed by atoms with E-state index in [0.29, 0.717) is 24.3 Å². The highest BCUT2D eigenvalue weighted by molar-refractivity contribution is 5.90. The lowest BCUT2D eigenvalue weighted by molar-refractivity contribution is -0.134. The topological polar surface area (TPSA) is 185 Å². The highest BCUT2D eigenvalue weighted by Gasteiger charge is 2.26. The third-order valence-corrected chi connectivity index (χ3v) is 6.81. The summed E-state index contributed by atoms with van der Waals surface area (Å²) in [4.78, 5) is 46.0. The molecule has 0 unspecified atom stereocenters. The summed E-state index contributed by atoms with van der Waals surface area (Å²) in [6, 6.07) is 8.87. The van der Waals surface area contributed by atoms with Crippen molar-refractivity contribution in [1.29, 1.82) is 0 Å². The number of carboxylic acids is 4. The van der Waals surface area contributed by atoms with Crippen molar-refractivity contribution in [3.05, 3.63) is 54.8 Å². The molecule has 236 valence electrons. The van der Waals surface area contributed by atoms with Crippen LogP contribution in [0.2, 0.25) is 0 Å². The molecule has 4 N–H and O–H groups in total. The Hall–Kier alpha value is -4.27. The van der Waals surface area contributed by atoms with Crippen molar-refractivity contribution in [2.24, 2.45) is 0 Å². The van der Waals surface area contributed by atoms with E-state index >= 15 is 0 Å². The summed E-state index contributed by atoms with van der Waals surface area (Å²) >= 11 is 0. The number of carbonyl (C=O) groups is 4. The molecule has 2 aromatic rings. The van der Waals surface area contributed by atoms with Gasteiger partial charge in [-0.2, -0.15) is 0 Å². The maximum Gasteiger partial charge on any atom is 0.328 e. The molecule has 14 heteroatoms. The van der Waals surface area contributed by atoms with Crippen LogP contribution in [0, 0.1) is 0 Å². The van der Waals surface area contributed by atoms with Gasteiger partial charge in [-0.15, -0.1) is 5.10 Å². The number of ether oxygens (including phenoxy) is 1. The Kier molecular flexibility index (Phi) is 15.5. The van der Waals surface area contributed by atoms with Gasteiger partial charge in [0, 0.05) is 68.8 Å². The van der Waals surface area contributed by atoms with E-state index in [1.54, 1.807) is 0 Å². The first-order valence-electron chi connectivity index (χ1n) is 14.0. The maximum absolute atomic E-state index is 9.55. The molecule has 2 aromatic heterocycles. The highest BCUT2D eigenvalue weighted by Crippen LogP contribution is 2.18. The fourth-order valence-electron chi connectivity index (χ4n) is 4.60. The number of fused-ring (bicyclic) bond motifs is 1. The number of likely N-dealkylation sites (tertiary alicyclic amines) is 1. The normalized spacial score (nSPS) is 16.8. The van der Waals surface area contributed by atoms with E-state index in [2.05, 4.69) is 26.8 Å². The number of carboxylic acid groups (broad SMARTS) is 4. The van der Waals surface area contributed by atoms with Crippen LogP contribution in [0.15, 0.2) is 54.8 Å². The second-order valence-corrected chi connectivity index (χ2v) is 10.0. The summed E-state index contributed by atoms with van der Waals surface area (Å²) in [5.74, 6) is -4.30. The number of piperazine rings is 1. The molecule has 0 aromatic carbocycles. The van der Waals surface area contributed by atoms with Crippen LogP contribution in [0.5, 0.6) is 5.88 Å². The average molecular weight is 604 g/mol. The van der Waals surface area contributed by atoms with Gasteiger partial charge in [0.25, 0.3) is 0 Å². The Labute approximate surface area is 250 Å². The number of hydrogen-bond acceptors (Lipinski definition) is 9. The number of hydrogen-bond donors (Lipinski definition) is 4. The van der Waals surface area contributed by atoms with Gasteiger partial charge in [0.1, 0.15) is 0 Å². The molecule has 4 rings (SSSR count). The number of unbranched alkanes of at least 4 members (excludes halogenated alkanes) is 1. The number of pyridine rings is 1. The zero-order valence-electron chi connectivity index (χ0n) is 24.3. The first-order chi connectivity index (χ1) is 20.5. The van der Waals surface area contributed by atoms with E-state index < -0.39 is 23.9 Å². The molecular weight excluding hydrogens is 562 g/mol. The fourth-order valence-corrected chi connectivity index (χ4v) is 4.60. The van der Waals surface area contributed by atoms with Gasteiger partial charge in [-0.1, -0.05) is 6.07 Å². The van der Waals surface area contributed by atoms with Gasteiger partial charge in [-0.25, -0.2) is 23.7 Å². The molecule has 0 amide bonds. The molecule has 2 aliphatic heterocycles. The molecule has 0 aliphatic carbocycles. The quantitative estimate of drug-likeness (QED) is 0.215. The smallest absolute Gasteiger partial charge is 0.328 e. The van der Waals surface area contributed by atoms with E-state index in [1.165, 1.54) is 65.1 Å². The number of aromatic nitrogens is 2. The zero-order chi connectivity index (χ0) is 31.6. The molecule has 0 spiro atoms. The van der Waals surface area contributed by atoms with Crippen LogP contribution in [0.1, 0.15) is 25.7 Å². The number of aliphatic carboxylic acids is 4. The van der Waals surface area contributed by atoms with Crippen LogP contribution in [0.3, 0.4) is 0 Å². The van der Waals surface area contributed by atoms with Gasteiger partial charge in [0.2, 0.25) is 5.88 Å². The van der Waals surface area contributed by atoms with Crippen LogP contribution < -0.4 is 4.74 Å². The molecule has 0 atom stereocenters. The Bertz CT molecular complexity index is 1130. The summed E-state index contributed by atoms with van der Waals surface area (Å²) in [6.07, 6.45) is 9.15. The molecule has 0 saturated carbocycles. The summed E-state index contributed by atoms with van der Waals surface area (Å²) in [5, 5.41) is 35.7. The van der Waals surface area contributed by atoms with E-state index in [0.717, 1.165) is 30.5 Å². The summed E-state index contributed by atoms with van der Waals surface area (Å²) in [6.45, 7) is 9.39. The lowest BCUT2D eigenvalue weighted by atomic mass is 10.0. The minimum Gasteiger partial charge on any atom is -0.478 e. The Morgan fingerprint density at radius 3 is 1.91 bits per heavy atom. The van der Waals surface area contributed by atoms with Gasteiger partial charge in [-0.3, -0.25) is 4.90 Å².